The molecule has 0 radical (unpaired) electrons. The van der Waals surface area contributed by atoms with E-state index in [0.717, 1.165) is 12.3 Å². The van der Waals surface area contributed by atoms with Gasteiger partial charge < -0.3 is 11.5 Å². The van der Waals surface area contributed by atoms with Crippen molar-refractivity contribution in [2.45, 2.75) is 46.0 Å². The van der Waals surface area contributed by atoms with Crippen molar-refractivity contribution in [2.75, 3.05) is 0 Å². The number of hydrogen-bond donors (Lipinski definition) is 2. The fourth-order valence-electron chi connectivity index (χ4n) is 2.34. The standard InChI is InChI=1S/C14H18.C4H9ClN2/c1-2-12-8-10-14(11-9-12)13-6-4-3-5-7-13;1-2-3(6)4(5)7/h3-7,10,12H,2,8-9,11H2,1H3;2,6-7H2,1H3/b;4-3-. The van der Waals surface area contributed by atoms with Gasteiger partial charge in [0.05, 0.1) is 0 Å². The van der Waals surface area contributed by atoms with Gasteiger partial charge in [-0.25, -0.2) is 0 Å². The van der Waals surface area contributed by atoms with Crippen molar-refractivity contribution in [3.63, 3.8) is 0 Å². The molecule has 1 aliphatic carbocycles. The molecule has 1 atom stereocenters. The Morgan fingerprint density at radius 2 is 1.86 bits per heavy atom. The van der Waals surface area contributed by atoms with E-state index in [1.54, 1.807) is 5.57 Å². The number of hydrogen-bond acceptors (Lipinski definition) is 2. The molecule has 0 saturated heterocycles. The van der Waals surface area contributed by atoms with E-state index in [0.29, 0.717) is 5.70 Å². The van der Waals surface area contributed by atoms with Gasteiger partial charge in [0.15, 0.2) is 0 Å². The first-order valence-corrected chi connectivity index (χ1v) is 8.10. The molecule has 2 nitrogen and oxygen atoms in total. The second-order valence-corrected chi connectivity index (χ2v) is 5.78. The van der Waals surface area contributed by atoms with Gasteiger partial charge in [-0.3, -0.25) is 0 Å². The molecule has 0 heterocycles. The van der Waals surface area contributed by atoms with E-state index in [4.69, 9.17) is 23.1 Å². The summed E-state index contributed by atoms with van der Waals surface area (Å²) >= 11 is 5.26. The Labute approximate surface area is 133 Å². The van der Waals surface area contributed by atoms with Crippen LogP contribution in [0.2, 0.25) is 0 Å². The first-order valence-electron chi connectivity index (χ1n) is 7.72. The molecule has 1 unspecified atom stereocenters. The van der Waals surface area contributed by atoms with E-state index in [-0.39, 0.29) is 5.16 Å². The van der Waals surface area contributed by atoms with Crippen molar-refractivity contribution >= 4 is 17.2 Å². The lowest BCUT2D eigenvalue weighted by molar-refractivity contribution is 0.471. The molecule has 1 aromatic carbocycles. The molecule has 1 aromatic rings. The molecule has 116 valence electrons. The Hall–Kier alpha value is -1.41. The molecule has 0 aliphatic heterocycles. The molecule has 0 aromatic heterocycles. The number of nitrogens with two attached hydrogens (primary N) is 2. The summed E-state index contributed by atoms with van der Waals surface area (Å²) in [6.07, 6.45) is 8.40. The van der Waals surface area contributed by atoms with Gasteiger partial charge in [0.2, 0.25) is 0 Å². The molecule has 0 spiro atoms. The first-order chi connectivity index (χ1) is 10.1. The quantitative estimate of drug-likeness (QED) is 0.772. The number of halogens is 1. The van der Waals surface area contributed by atoms with E-state index >= 15 is 0 Å². The molecule has 2 rings (SSSR count). The third-order valence-electron chi connectivity index (χ3n) is 3.93. The van der Waals surface area contributed by atoms with E-state index in [1.807, 2.05) is 6.92 Å². The number of rotatable bonds is 3. The Morgan fingerprint density at radius 3 is 2.24 bits per heavy atom. The van der Waals surface area contributed by atoms with Crippen LogP contribution in [0.4, 0.5) is 0 Å². The molecule has 21 heavy (non-hydrogen) atoms. The van der Waals surface area contributed by atoms with E-state index in [9.17, 15) is 0 Å². The maximum Gasteiger partial charge on any atom is 0.118 e. The van der Waals surface area contributed by atoms with Gasteiger partial charge in [-0.05, 0) is 42.7 Å². The highest BCUT2D eigenvalue weighted by Gasteiger charge is 2.12. The Morgan fingerprint density at radius 1 is 1.19 bits per heavy atom. The third-order valence-corrected chi connectivity index (χ3v) is 4.17. The summed E-state index contributed by atoms with van der Waals surface area (Å²) in [6, 6.07) is 10.8. The van der Waals surface area contributed by atoms with Crippen molar-refractivity contribution in [3.8, 4) is 0 Å². The van der Waals surface area contributed by atoms with Gasteiger partial charge in [-0.1, -0.05) is 68.3 Å². The Kier molecular flexibility index (Phi) is 7.99. The zero-order valence-electron chi connectivity index (χ0n) is 13.1. The summed E-state index contributed by atoms with van der Waals surface area (Å²) in [7, 11) is 0. The number of benzene rings is 1. The third kappa shape index (κ3) is 6.26. The van der Waals surface area contributed by atoms with Crippen LogP contribution in [-0.2, 0) is 0 Å². The van der Waals surface area contributed by atoms with Crippen LogP contribution < -0.4 is 11.5 Å². The molecule has 0 amide bonds. The SMILES string of the molecule is CC/C(N)=C(/N)Cl.CCC1CC=C(c2ccccc2)CC1. The highest BCUT2D eigenvalue weighted by molar-refractivity contribution is 6.29. The largest absolute Gasteiger partial charge is 0.400 e. The van der Waals surface area contributed by atoms with Crippen molar-refractivity contribution in [2.24, 2.45) is 17.4 Å². The van der Waals surface area contributed by atoms with Crippen LogP contribution in [0.25, 0.3) is 5.57 Å². The Bertz CT molecular complexity index is 473. The average molecular weight is 307 g/mol. The van der Waals surface area contributed by atoms with Crippen LogP contribution in [-0.4, -0.2) is 0 Å². The molecule has 3 heteroatoms. The van der Waals surface area contributed by atoms with E-state index in [1.165, 1.54) is 31.2 Å². The summed E-state index contributed by atoms with van der Waals surface area (Å²) < 4.78 is 0. The lowest BCUT2D eigenvalue weighted by Crippen LogP contribution is -2.03. The summed E-state index contributed by atoms with van der Waals surface area (Å²) in [4.78, 5) is 0. The Balaban J connectivity index is 0.000000270. The number of allylic oxidation sites excluding steroid dienone is 3. The van der Waals surface area contributed by atoms with Gasteiger partial charge in [-0.15, -0.1) is 0 Å². The second-order valence-electron chi connectivity index (χ2n) is 5.37. The topological polar surface area (TPSA) is 52.0 Å². The lowest BCUT2D eigenvalue weighted by Gasteiger charge is -2.20. The van der Waals surface area contributed by atoms with Gasteiger partial charge in [0.1, 0.15) is 5.16 Å². The minimum atomic E-state index is 0.211. The van der Waals surface area contributed by atoms with Crippen LogP contribution in [0.15, 0.2) is 47.3 Å². The van der Waals surface area contributed by atoms with Crippen LogP contribution >= 0.6 is 11.6 Å². The monoisotopic (exact) mass is 306 g/mol. The smallest absolute Gasteiger partial charge is 0.118 e. The van der Waals surface area contributed by atoms with Crippen molar-refractivity contribution in [1.82, 2.24) is 0 Å². The van der Waals surface area contributed by atoms with E-state index < -0.39 is 0 Å². The summed E-state index contributed by atoms with van der Waals surface area (Å²) in [5, 5.41) is 0.211. The summed E-state index contributed by atoms with van der Waals surface area (Å²) in [5.41, 5.74) is 13.8. The van der Waals surface area contributed by atoms with Gasteiger partial charge >= 0.3 is 0 Å². The predicted octanol–water partition coefficient (Wildman–Crippen LogP) is 5.00. The minimum Gasteiger partial charge on any atom is -0.400 e. The first kappa shape index (κ1) is 17.6. The molecule has 1 aliphatic rings. The predicted molar refractivity (Wildman–Crippen MR) is 93.6 cm³/mol. The van der Waals surface area contributed by atoms with Crippen LogP contribution in [0.1, 0.15) is 51.5 Å². The summed E-state index contributed by atoms with van der Waals surface area (Å²) in [6.45, 7) is 4.19. The molecule has 0 bridgehead atoms. The fourth-order valence-corrected chi connectivity index (χ4v) is 2.48. The van der Waals surface area contributed by atoms with Crippen molar-refractivity contribution < 1.29 is 0 Å². The van der Waals surface area contributed by atoms with Crippen LogP contribution in [0, 0.1) is 5.92 Å². The summed E-state index contributed by atoms with van der Waals surface area (Å²) in [5.74, 6) is 0.933. The van der Waals surface area contributed by atoms with Crippen molar-refractivity contribution in [3.05, 3.63) is 52.8 Å². The normalized spacial score (nSPS) is 19.0. The molecule has 4 N–H and O–H groups in total. The fraction of sp³-hybridized carbons (Fsp3) is 0.444. The molecular weight excluding hydrogens is 280 g/mol. The van der Waals surface area contributed by atoms with Crippen LogP contribution in [0.3, 0.4) is 0 Å². The van der Waals surface area contributed by atoms with Gasteiger partial charge in [0, 0.05) is 5.70 Å². The minimum absolute atomic E-state index is 0.211. The second kappa shape index (κ2) is 9.51. The van der Waals surface area contributed by atoms with Crippen LogP contribution in [0.5, 0.6) is 0 Å². The zero-order valence-corrected chi connectivity index (χ0v) is 13.9. The van der Waals surface area contributed by atoms with Gasteiger partial charge in [0.25, 0.3) is 0 Å². The van der Waals surface area contributed by atoms with Gasteiger partial charge in [-0.2, -0.15) is 0 Å². The maximum absolute atomic E-state index is 5.26. The maximum atomic E-state index is 5.26. The lowest BCUT2D eigenvalue weighted by atomic mass is 9.85. The molecular formula is C18H27ClN2. The molecule has 0 saturated carbocycles. The highest BCUT2D eigenvalue weighted by atomic mass is 35.5. The van der Waals surface area contributed by atoms with Crippen molar-refractivity contribution in [1.29, 1.82) is 0 Å². The average Bonchev–Trinajstić information content (AvgIpc) is 2.55. The molecule has 0 fully saturated rings. The highest BCUT2D eigenvalue weighted by Crippen LogP contribution is 2.31. The zero-order chi connectivity index (χ0) is 15.7. The van der Waals surface area contributed by atoms with E-state index in [2.05, 4.69) is 43.3 Å².